The third-order valence-electron chi connectivity index (χ3n) is 3.14. The third kappa shape index (κ3) is 5.12. The second-order valence-electron chi connectivity index (χ2n) is 4.94. The van der Waals surface area contributed by atoms with Crippen LogP contribution in [-0.2, 0) is 17.4 Å². The number of methoxy groups -OCH3 is 1. The Kier molecular flexibility index (Phi) is 5.57. The van der Waals surface area contributed by atoms with E-state index in [1.165, 1.54) is 18.3 Å². The molecule has 2 aromatic carbocycles. The van der Waals surface area contributed by atoms with Gasteiger partial charge in [-0.05, 0) is 35.4 Å². The van der Waals surface area contributed by atoms with Gasteiger partial charge in [0.15, 0.2) is 0 Å². The number of hydrogen-bond donors (Lipinski definition) is 1. The van der Waals surface area contributed by atoms with Crippen LogP contribution < -0.4 is 10.2 Å². The summed E-state index contributed by atoms with van der Waals surface area (Å²) in [4.78, 5) is 11.7. The highest BCUT2D eigenvalue weighted by atomic mass is 19.4. The molecule has 0 spiro atoms. The predicted molar refractivity (Wildman–Crippen MR) is 83.9 cm³/mol. The number of rotatable bonds is 5. The highest BCUT2D eigenvalue weighted by molar-refractivity contribution is 5.83. The summed E-state index contributed by atoms with van der Waals surface area (Å²) >= 11 is 0. The summed E-state index contributed by atoms with van der Waals surface area (Å²) in [6, 6.07) is 11.6. The number of nitrogens with zero attached hydrogens (tertiary/aromatic N) is 1. The standard InChI is InChI=1S/C17H15F3N2O2/c1-24-15-7-5-12(6-8-15)10-16(23)22-21-11-13-3-2-4-14(9-13)17(18,19)20/h2-9,11H,10H2,1H3,(H,22,23)/b21-11+. The van der Waals surface area contributed by atoms with Gasteiger partial charge >= 0.3 is 6.18 Å². The number of carbonyl (C=O) groups excluding carboxylic acids is 1. The Hall–Kier alpha value is -2.83. The molecule has 0 bridgehead atoms. The zero-order valence-corrected chi connectivity index (χ0v) is 12.8. The minimum Gasteiger partial charge on any atom is -0.497 e. The first-order chi connectivity index (χ1) is 11.4. The molecule has 0 unspecified atom stereocenters. The Morgan fingerprint density at radius 1 is 1.21 bits per heavy atom. The summed E-state index contributed by atoms with van der Waals surface area (Å²) in [7, 11) is 1.55. The summed E-state index contributed by atoms with van der Waals surface area (Å²) in [6.45, 7) is 0. The number of carbonyl (C=O) groups is 1. The fourth-order valence-corrected chi connectivity index (χ4v) is 1.94. The van der Waals surface area contributed by atoms with Crippen LogP contribution in [0.4, 0.5) is 13.2 Å². The first kappa shape index (κ1) is 17.5. The lowest BCUT2D eigenvalue weighted by atomic mass is 10.1. The van der Waals surface area contributed by atoms with Gasteiger partial charge in [-0.2, -0.15) is 18.3 Å². The van der Waals surface area contributed by atoms with Crippen LogP contribution in [0.5, 0.6) is 5.75 Å². The zero-order chi connectivity index (χ0) is 17.6. The molecule has 0 saturated heterocycles. The van der Waals surface area contributed by atoms with Crippen molar-refractivity contribution in [2.75, 3.05) is 7.11 Å². The maximum Gasteiger partial charge on any atom is 0.416 e. The van der Waals surface area contributed by atoms with Crippen LogP contribution in [0.25, 0.3) is 0 Å². The molecule has 0 atom stereocenters. The van der Waals surface area contributed by atoms with E-state index < -0.39 is 11.7 Å². The number of halogens is 3. The van der Waals surface area contributed by atoms with Crippen molar-refractivity contribution < 1.29 is 22.7 Å². The van der Waals surface area contributed by atoms with Crippen LogP contribution in [0.15, 0.2) is 53.6 Å². The Morgan fingerprint density at radius 3 is 2.54 bits per heavy atom. The molecular formula is C17H15F3N2O2. The van der Waals surface area contributed by atoms with E-state index in [4.69, 9.17) is 4.74 Å². The second kappa shape index (κ2) is 7.63. The van der Waals surface area contributed by atoms with Gasteiger partial charge in [0.25, 0.3) is 0 Å². The smallest absolute Gasteiger partial charge is 0.416 e. The lowest BCUT2D eigenvalue weighted by Crippen LogP contribution is -2.19. The molecule has 0 aliphatic rings. The molecule has 1 N–H and O–H groups in total. The predicted octanol–water partition coefficient (Wildman–Crippen LogP) is 3.41. The summed E-state index contributed by atoms with van der Waals surface area (Å²) in [6.07, 6.45) is -3.15. The first-order valence-electron chi connectivity index (χ1n) is 7.00. The van der Waals surface area contributed by atoms with Crippen molar-refractivity contribution in [3.05, 3.63) is 65.2 Å². The first-order valence-corrected chi connectivity index (χ1v) is 7.00. The molecule has 4 nitrogen and oxygen atoms in total. The van der Waals surface area contributed by atoms with Crippen molar-refractivity contribution in [2.45, 2.75) is 12.6 Å². The monoisotopic (exact) mass is 336 g/mol. The van der Waals surface area contributed by atoms with Gasteiger partial charge in [0.2, 0.25) is 5.91 Å². The molecule has 0 saturated carbocycles. The fourth-order valence-electron chi connectivity index (χ4n) is 1.94. The van der Waals surface area contributed by atoms with Gasteiger partial charge in [0.1, 0.15) is 5.75 Å². The summed E-state index contributed by atoms with van der Waals surface area (Å²) in [5.74, 6) is 0.310. The average molecular weight is 336 g/mol. The largest absolute Gasteiger partial charge is 0.497 e. The Labute approximate surface area is 137 Å². The van der Waals surface area contributed by atoms with Crippen molar-refractivity contribution in [3.8, 4) is 5.75 Å². The van der Waals surface area contributed by atoms with E-state index in [0.717, 1.165) is 17.7 Å². The van der Waals surface area contributed by atoms with Gasteiger partial charge in [-0.15, -0.1) is 0 Å². The number of amides is 1. The van der Waals surface area contributed by atoms with Gasteiger partial charge in [-0.3, -0.25) is 4.79 Å². The van der Waals surface area contributed by atoms with Crippen molar-refractivity contribution >= 4 is 12.1 Å². The number of ether oxygens (including phenoxy) is 1. The minimum atomic E-state index is -4.42. The van der Waals surface area contributed by atoms with Crippen LogP contribution in [0.1, 0.15) is 16.7 Å². The maximum absolute atomic E-state index is 12.6. The lowest BCUT2D eigenvalue weighted by Gasteiger charge is -2.06. The average Bonchev–Trinajstić information content (AvgIpc) is 2.55. The highest BCUT2D eigenvalue weighted by Crippen LogP contribution is 2.29. The Bertz CT molecular complexity index is 725. The van der Waals surface area contributed by atoms with Gasteiger partial charge in [0.05, 0.1) is 25.3 Å². The molecule has 0 aliphatic heterocycles. The van der Waals surface area contributed by atoms with E-state index in [0.29, 0.717) is 5.75 Å². The van der Waals surface area contributed by atoms with E-state index in [-0.39, 0.29) is 17.9 Å². The Morgan fingerprint density at radius 2 is 1.92 bits per heavy atom. The van der Waals surface area contributed by atoms with E-state index in [2.05, 4.69) is 10.5 Å². The highest BCUT2D eigenvalue weighted by Gasteiger charge is 2.30. The zero-order valence-electron chi connectivity index (χ0n) is 12.8. The van der Waals surface area contributed by atoms with E-state index in [1.54, 1.807) is 31.4 Å². The normalized spacial score (nSPS) is 11.5. The van der Waals surface area contributed by atoms with E-state index >= 15 is 0 Å². The van der Waals surface area contributed by atoms with Crippen molar-refractivity contribution in [1.29, 1.82) is 0 Å². The number of hydrogen-bond acceptors (Lipinski definition) is 3. The van der Waals surface area contributed by atoms with Crippen LogP contribution in [-0.4, -0.2) is 19.2 Å². The third-order valence-corrected chi connectivity index (χ3v) is 3.14. The molecule has 2 rings (SSSR count). The molecule has 0 aliphatic carbocycles. The van der Waals surface area contributed by atoms with Gasteiger partial charge in [-0.25, -0.2) is 5.43 Å². The molecule has 1 amide bonds. The van der Waals surface area contributed by atoms with E-state index in [1.807, 2.05) is 0 Å². The van der Waals surface area contributed by atoms with Crippen LogP contribution in [0.2, 0.25) is 0 Å². The van der Waals surface area contributed by atoms with Gasteiger partial charge in [-0.1, -0.05) is 24.3 Å². The number of nitrogens with one attached hydrogen (secondary N) is 1. The molecule has 126 valence electrons. The second-order valence-corrected chi connectivity index (χ2v) is 4.94. The maximum atomic E-state index is 12.6. The summed E-state index contributed by atoms with van der Waals surface area (Å²) < 4.78 is 42.8. The molecule has 2 aromatic rings. The van der Waals surface area contributed by atoms with Crippen LogP contribution >= 0.6 is 0 Å². The molecule has 24 heavy (non-hydrogen) atoms. The number of alkyl halides is 3. The summed E-state index contributed by atoms with van der Waals surface area (Å²) in [5, 5.41) is 3.68. The van der Waals surface area contributed by atoms with Gasteiger partial charge < -0.3 is 4.74 Å². The molecule has 7 heteroatoms. The molecule has 0 fully saturated rings. The van der Waals surface area contributed by atoms with Crippen molar-refractivity contribution in [2.24, 2.45) is 5.10 Å². The van der Waals surface area contributed by atoms with Gasteiger partial charge in [0, 0.05) is 0 Å². The van der Waals surface area contributed by atoms with Crippen LogP contribution in [0.3, 0.4) is 0 Å². The number of hydrazone groups is 1. The topological polar surface area (TPSA) is 50.7 Å². The molecule has 0 radical (unpaired) electrons. The van der Waals surface area contributed by atoms with Crippen molar-refractivity contribution in [3.63, 3.8) is 0 Å². The lowest BCUT2D eigenvalue weighted by molar-refractivity contribution is -0.137. The Balaban J connectivity index is 1.92. The fraction of sp³-hybridized carbons (Fsp3) is 0.176. The SMILES string of the molecule is COc1ccc(CC(=O)N/N=C/c2cccc(C(F)(F)F)c2)cc1. The summed E-state index contributed by atoms with van der Waals surface area (Å²) in [5.41, 5.74) is 2.53. The number of benzene rings is 2. The molecule has 0 heterocycles. The molecule has 0 aromatic heterocycles. The minimum absolute atomic E-state index is 0.101. The quantitative estimate of drug-likeness (QED) is 0.672. The molecular weight excluding hydrogens is 321 g/mol. The van der Waals surface area contributed by atoms with Crippen molar-refractivity contribution in [1.82, 2.24) is 5.43 Å². The van der Waals surface area contributed by atoms with E-state index in [9.17, 15) is 18.0 Å². The van der Waals surface area contributed by atoms with Crippen LogP contribution in [0, 0.1) is 0 Å².